The van der Waals surface area contributed by atoms with Crippen LogP contribution in [0.1, 0.15) is 79.7 Å². The van der Waals surface area contributed by atoms with Crippen molar-refractivity contribution in [2.24, 2.45) is 11.8 Å². The number of aliphatic hydroxyl groups is 1. The molecule has 0 aliphatic carbocycles. The Morgan fingerprint density at radius 1 is 0.911 bits per heavy atom. The summed E-state index contributed by atoms with van der Waals surface area (Å²) in [4.78, 5) is 21.0. The number of rotatable bonds is 9. The number of carbonyl (C=O) groups is 1. The first-order valence-corrected chi connectivity index (χ1v) is 16.7. The van der Waals surface area contributed by atoms with Crippen LogP contribution in [0.5, 0.6) is 0 Å². The zero-order valence-corrected chi connectivity index (χ0v) is 30.7. The molecule has 45 heavy (non-hydrogen) atoms. The van der Waals surface area contributed by atoms with Crippen LogP contribution in [-0.2, 0) is 30.3 Å². The number of aromatic nitrogens is 2. The second kappa shape index (κ2) is 16.4. The van der Waals surface area contributed by atoms with Crippen LogP contribution in [0.3, 0.4) is 0 Å². The van der Waals surface area contributed by atoms with Gasteiger partial charge in [0.25, 0.3) is 0 Å². The van der Waals surface area contributed by atoms with Crippen LogP contribution in [0.25, 0.3) is 43.4 Å². The van der Waals surface area contributed by atoms with Crippen molar-refractivity contribution in [3.63, 3.8) is 0 Å². The average Bonchev–Trinajstić information content (AvgIpc) is 3.50. The molecule has 4 nitrogen and oxygen atoms in total. The Morgan fingerprint density at radius 2 is 1.60 bits per heavy atom. The fourth-order valence-electron chi connectivity index (χ4n) is 5.52. The number of pyridine rings is 2. The second-order valence-corrected chi connectivity index (χ2v) is 13.3. The number of carbonyl (C=O) groups excluding carboxylic acids is 1. The molecule has 239 valence electrons. The molecule has 0 fully saturated rings. The molecule has 0 aliphatic heterocycles. The molecule has 0 bridgehead atoms. The van der Waals surface area contributed by atoms with E-state index in [0.29, 0.717) is 0 Å². The maximum atomic E-state index is 11.7. The van der Waals surface area contributed by atoms with Crippen LogP contribution in [0.4, 0.5) is 0 Å². The van der Waals surface area contributed by atoms with E-state index >= 15 is 0 Å². The molecule has 2 aromatic carbocycles. The van der Waals surface area contributed by atoms with Gasteiger partial charge in [-0.1, -0.05) is 83.7 Å². The maximum Gasteiger partial charge on any atom is 0.162 e. The van der Waals surface area contributed by atoms with E-state index in [1.54, 1.807) is 11.3 Å². The summed E-state index contributed by atoms with van der Waals surface area (Å²) < 4.78 is 1.25. The fourth-order valence-corrected chi connectivity index (χ4v) is 6.32. The van der Waals surface area contributed by atoms with E-state index in [9.17, 15) is 9.90 Å². The molecule has 1 radical (unpaired) electrons. The summed E-state index contributed by atoms with van der Waals surface area (Å²) in [6.07, 6.45) is 8.72. The summed E-state index contributed by atoms with van der Waals surface area (Å²) in [5, 5.41) is 15.4. The Bertz CT molecular complexity index is 1740. The van der Waals surface area contributed by atoms with Crippen molar-refractivity contribution < 1.29 is 30.0 Å². The first-order valence-electron chi connectivity index (χ1n) is 15.8. The average molecular weight is 798 g/mol. The monoisotopic (exact) mass is 798 g/mol. The van der Waals surface area contributed by atoms with E-state index in [-0.39, 0.29) is 48.9 Å². The predicted molar refractivity (Wildman–Crippen MR) is 187 cm³/mol. The molecule has 0 spiro atoms. The summed E-state index contributed by atoms with van der Waals surface area (Å²) in [6, 6.07) is 22.7. The Balaban J connectivity index is 0.000000297. The van der Waals surface area contributed by atoms with Gasteiger partial charge in [-0.05, 0) is 60.2 Å². The van der Waals surface area contributed by atoms with Gasteiger partial charge in [0.05, 0.1) is 11.5 Å². The number of fused-ring (bicyclic) bond motifs is 2. The standard InChI is InChI=1S/C26H21N2S.C13H24O2.Ir/c1-26(2,3)22-13-20(12-17-6-4-5-7-21(17)22)23-14-18(8-10-27-23)24-15-25-19(16-28-24)9-11-29-25;1-5-10(6-2)12(14)9-13(15)11(7-3)8-4;/h4-11,13-16H,1-3H3;9-11,14H,5-8H2,1-4H3;/q-1;;/b;12-9-;. The zero-order chi connectivity index (χ0) is 31.9. The third-order valence-corrected chi connectivity index (χ3v) is 9.21. The van der Waals surface area contributed by atoms with Gasteiger partial charge < -0.3 is 5.11 Å². The van der Waals surface area contributed by atoms with E-state index in [2.05, 4.69) is 90.7 Å². The Labute approximate surface area is 286 Å². The van der Waals surface area contributed by atoms with E-state index in [4.69, 9.17) is 0 Å². The maximum absolute atomic E-state index is 11.7. The molecule has 0 aliphatic rings. The summed E-state index contributed by atoms with van der Waals surface area (Å²) in [5.41, 5.74) is 5.34. The van der Waals surface area contributed by atoms with Crippen LogP contribution < -0.4 is 0 Å². The molecule has 0 saturated heterocycles. The van der Waals surface area contributed by atoms with Crippen molar-refractivity contribution in [3.05, 3.63) is 95.8 Å². The number of hydrogen-bond acceptors (Lipinski definition) is 5. The van der Waals surface area contributed by atoms with Gasteiger partial charge in [0.2, 0.25) is 0 Å². The fraction of sp³-hybridized carbons (Fsp3) is 0.359. The molecule has 6 heteroatoms. The SMILES string of the molecule is CC(C)(C)c1cc(-c2cc(-c3cc4sccc4cn3)ccn2)[c-]c2ccccc12.CCC(CC)C(=O)/C=C(\O)C(CC)CC.[Ir]. The van der Waals surface area contributed by atoms with Gasteiger partial charge in [-0.2, -0.15) is 0 Å². The molecule has 0 amide bonds. The molecule has 3 aromatic heterocycles. The smallest absolute Gasteiger partial charge is 0.162 e. The number of nitrogens with zero attached hydrogens (tertiary/aromatic N) is 2. The van der Waals surface area contributed by atoms with Crippen LogP contribution in [-0.4, -0.2) is 20.9 Å². The van der Waals surface area contributed by atoms with Crippen LogP contribution in [0.15, 0.2) is 84.2 Å². The third-order valence-electron chi connectivity index (χ3n) is 8.33. The molecule has 0 atom stereocenters. The third kappa shape index (κ3) is 8.97. The van der Waals surface area contributed by atoms with Gasteiger partial charge in [-0.15, -0.1) is 40.5 Å². The molecule has 1 N–H and O–H groups in total. The predicted octanol–water partition coefficient (Wildman–Crippen LogP) is 11.1. The van der Waals surface area contributed by atoms with Crippen LogP contribution >= 0.6 is 11.3 Å². The summed E-state index contributed by atoms with van der Waals surface area (Å²) in [5.74, 6) is 0.547. The molecular weight excluding hydrogens is 753 g/mol. The summed E-state index contributed by atoms with van der Waals surface area (Å²) in [6.45, 7) is 14.8. The minimum Gasteiger partial charge on any atom is -0.512 e. The van der Waals surface area contributed by atoms with Crippen molar-refractivity contribution in [1.82, 2.24) is 9.97 Å². The molecular formula is C39H45IrN2O2S-. The number of ketones is 1. The number of benzene rings is 2. The van der Waals surface area contributed by atoms with Crippen molar-refractivity contribution in [3.8, 4) is 22.5 Å². The summed E-state index contributed by atoms with van der Waals surface area (Å²) >= 11 is 1.74. The van der Waals surface area contributed by atoms with E-state index in [1.807, 2.05) is 46.2 Å². The Kier molecular flexibility index (Phi) is 13.2. The van der Waals surface area contributed by atoms with Gasteiger partial charge in [0, 0.05) is 66.2 Å². The molecule has 0 unspecified atom stereocenters. The van der Waals surface area contributed by atoms with Crippen LogP contribution in [0, 0.1) is 17.9 Å². The summed E-state index contributed by atoms with van der Waals surface area (Å²) in [7, 11) is 0. The van der Waals surface area contributed by atoms with Gasteiger partial charge in [-0.25, -0.2) is 0 Å². The molecule has 5 aromatic rings. The Hall–Kier alpha value is -3.18. The number of allylic oxidation sites excluding steroid dienone is 2. The first kappa shape index (κ1) is 36.3. The molecule has 5 rings (SSSR count). The quantitative estimate of drug-likeness (QED) is 0.0917. The van der Waals surface area contributed by atoms with Crippen molar-refractivity contribution >= 4 is 38.0 Å². The van der Waals surface area contributed by atoms with E-state index in [1.165, 1.54) is 27.1 Å². The second-order valence-electron chi connectivity index (χ2n) is 12.3. The zero-order valence-electron chi connectivity index (χ0n) is 27.5. The van der Waals surface area contributed by atoms with Crippen LogP contribution in [0.2, 0.25) is 0 Å². The molecule has 3 heterocycles. The van der Waals surface area contributed by atoms with Gasteiger partial charge >= 0.3 is 0 Å². The van der Waals surface area contributed by atoms with E-state index < -0.39 is 0 Å². The first-order chi connectivity index (χ1) is 21.1. The number of hydrogen-bond donors (Lipinski definition) is 1. The number of thiophene rings is 1. The van der Waals surface area contributed by atoms with Crippen molar-refractivity contribution in [2.45, 2.75) is 79.6 Å². The normalized spacial score (nSPS) is 11.9. The van der Waals surface area contributed by atoms with Gasteiger partial charge in [0.15, 0.2) is 5.78 Å². The molecule has 0 saturated carbocycles. The number of aliphatic hydroxyl groups excluding tert-OH is 1. The Morgan fingerprint density at radius 3 is 2.27 bits per heavy atom. The minimum atomic E-state index is 0. The minimum absolute atomic E-state index is 0. The topological polar surface area (TPSA) is 63.1 Å². The van der Waals surface area contributed by atoms with E-state index in [0.717, 1.165) is 53.6 Å². The van der Waals surface area contributed by atoms with Crippen molar-refractivity contribution in [1.29, 1.82) is 0 Å². The van der Waals surface area contributed by atoms with Gasteiger partial charge in [0.1, 0.15) is 0 Å². The van der Waals surface area contributed by atoms with Gasteiger partial charge in [-0.3, -0.25) is 14.8 Å². The largest absolute Gasteiger partial charge is 0.512 e. The van der Waals surface area contributed by atoms with Crippen molar-refractivity contribution in [2.75, 3.05) is 0 Å².